The SMILES string of the molecule is CCCCCCCC=CC(=O)OCC(C=CC1=C(C)CC(O)CC1(C)C)=CC=CC(C)=CC=CC=C(C)C=CC=C(C)C=CC1C(C)=CC(O)CC1(C)C. The van der Waals surface area contributed by atoms with Crippen molar-refractivity contribution in [2.75, 3.05) is 6.61 Å². The summed E-state index contributed by atoms with van der Waals surface area (Å²) in [5.74, 6) is 0.00476. The molecular formula is C50H72O4. The molecule has 0 saturated heterocycles. The molecule has 0 bridgehead atoms. The first-order valence-corrected chi connectivity index (χ1v) is 20.2. The lowest BCUT2D eigenvalue weighted by Crippen LogP contribution is -2.32. The minimum atomic E-state index is -0.349. The standard InChI is InChI=1S/C50H72O4/c1-11-12-13-14-15-16-17-28-48(53)54-37-43(30-32-47-42(6)34-45(52)36-50(47,9)10)27-21-26-39(3)23-19-18-22-38(2)24-20-25-40(4)29-31-46-41(5)33-44(51)35-49(46,7)8/h17-33,44-46,51-52H,11-16,34-37H2,1-10H3. The first-order chi connectivity index (χ1) is 25.5. The zero-order valence-corrected chi connectivity index (χ0v) is 35.3. The third-order valence-corrected chi connectivity index (χ3v) is 10.3. The Labute approximate surface area is 329 Å². The number of allylic oxidation sites excluding steroid dienone is 19. The summed E-state index contributed by atoms with van der Waals surface area (Å²) in [6.07, 6.45) is 43.2. The summed E-state index contributed by atoms with van der Waals surface area (Å²) in [5, 5.41) is 20.5. The van der Waals surface area contributed by atoms with Crippen molar-refractivity contribution >= 4 is 5.97 Å². The second-order valence-electron chi connectivity index (χ2n) is 16.8. The Morgan fingerprint density at radius 2 is 1.41 bits per heavy atom. The zero-order valence-electron chi connectivity index (χ0n) is 35.3. The van der Waals surface area contributed by atoms with Crippen LogP contribution >= 0.6 is 0 Å². The molecule has 296 valence electrons. The van der Waals surface area contributed by atoms with Gasteiger partial charge in [0.25, 0.3) is 0 Å². The van der Waals surface area contributed by atoms with Gasteiger partial charge < -0.3 is 14.9 Å². The number of esters is 1. The van der Waals surface area contributed by atoms with E-state index in [1.54, 1.807) is 6.08 Å². The van der Waals surface area contributed by atoms with Crippen molar-refractivity contribution in [3.05, 3.63) is 142 Å². The van der Waals surface area contributed by atoms with Crippen LogP contribution in [0.5, 0.6) is 0 Å². The van der Waals surface area contributed by atoms with Crippen LogP contribution in [0, 0.1) is 16.7 Å². The minimum absolute atomic E-state index is 0.0345. The molecule has 0 spiro atoms. The highest BCUT2D eigenvalue weighted by Crippen LogP contribution is 2.42. The lowest BCUT2D eigenvalue weighted by atomic mass is 9.67. The Kier molecular flexibility index (Phi) is 20.6. The fraction of sp³-hybridized carbons (Fsp3) is 0.500. The fourth-order valence-corrected chi connectivity index (χ4v) is 7.44. The molecule has 4 heteroatoms. The maximum absolute atomic E-state index is 12.5. The van der Waals surface area contributed by atoms with Gasteiger partial charge in [0.2, 0.25) is 0 Å². The van der Waals surface area contributed by atoms with Gasteiger partial charge in [-0.25, -0.2) is 4.79 Å². The normalized spacial score (nSPS) is 23.3. The summed E-state index contributed by atoms with van der Waals surface area (Å²) in [7, 11) is 0. The largest absolute Gasteiger partial charge is 0.458 e. The molecular weight excluding hydrogens is 665 g/mol. The van der Waals surface area contributed by atoms with Crippen LogP contribution in [0.1, 0.15) is 127 Å². The highest BCUT2D eigenvalue weighted by atomic mass is 16.5. The van der Waals surface area contributed by atoms with E-state index in [0.717, 1.165) is 42.4 Å². The smallest absolute Gasteiger partial charge is 0.330 e. The van der Waals surface area contributed by atoms with Gasteiger partial charge in [0.05, 0.1) is 12.2 Å². The monoisotopic (exact) mass is 737 g/mol. The van der Waals surface area contributed by atoms with E-state index < -0.39 is 0 Å². The Morgan fingerprint density at radius 3 is 2.04 bits per heavy atom. The van der Waals surface area contributed by atoms with Crippen LogP contribution in [-0.2, 0) is 9.53 Å². The molecule has 2 aliphatic carbocycles. The summed E-state index contributed by atoms with van der Waals surface area (Å²) in [6, 6.07) is 0. The third-order valence-electron chi connectivity index (χ3n) is 10.3. The molecule has 0 radical (unpaired) electrons. The van der Waals surface area contributed by atoms with Crippen molar-refractivity contribution in [1.29, 1.82) is 0 Å². The number of aliphatic hydroxyl groups excluding tert-OH is 2. The number of rotatable bonds is 19. The van der Waals surface area contributed by atoms with Crippen LogP contribution in [0.2, 0.25) is 0 Å². The highest BCUT2D eigenvalue weighted by molar-refractivity contribution is 5.82. The van der Waals surface area contributed by atoms with Gasteiger partial charge in [-0.2, -0.15) is 0 Å². The number of ether oxygens (including phenoxy) is 1. The number of unbranched alkanes of at least 4 members (excludes halogenated alkanes) is 5. The number of hydrogen-bond donors (Lipinski definition) is 2. The van der Waals surface area contributed by atoms with Crippen molar-refractivity contribution in [2.24, 2.45) is 16.7 Å². The molecule has 0 aromatic rings. The Balaban J connectivity index is 2.05. The van der Waals surface area contributed by atoms with E-state index in [1.807, 2.05) is 42.5 Å². The van der Waals surface area contributed by atoms with E-state index in [0.29, 0.717) is 12.3 Å². The Hall–Kier alpha value is -3.73. The van der Waals surface area contributed by atoms with E-state index in [2.05, 4.69) is 124 Å². The lowest BCUT2D eigenvalue weighted by Gasteiger charge is -2.38. The van der Waals surface area contributed by atoms with Crippen molar-refractivity contribution in [1.82, 2.24) is 0 Å². The molecule has 0 saturated carbocycles. The zero-order chi connectivity index (χ0) is 40.1. The van der Waals surface area contributed by atoms with E-state index in [1.165, 1.54) is 48.0 Å². The second kappa shape index (κ2) is 23.9. The van der Waals surface area contributed by atoms with E-state index in [4.69, 9.17) is 4.74 Å². The highest BCUT2D eigenvalue weighted by Gasteiger charge is 2.34. The van der Waals surface area contributed by atoms with Gasteiger partial charge in [0.1, 0.15) is 6.61 Å². The predicted molar refractivity (Wildman–Crippen MR) is 232 cm³/mol. The van der Waals surface area contributed by atoms with Crippen molar-refractivity contribution < 1.29 is 19.7 Å². The molecule has 0 fully saturated rings. The lowest BCUT2D eigenvalue weighted by molar-refractivity contribution is -0.136. The summed E-state index contributed by atoms with van der Waals surface area (Å²) >= 11 is 0. The molecule has 0 heterocycles. The van der Waals surface area contributed by atoms with Gasteiger partial charge in [-0.15, -0.1) is 0 Å². The number of carbonyl (C=O) groups excluding carboxylic acids is 1. The van der Waals surface area contributed by atoms with E-state index >= 15 is 0 Å². The molecule has 0 amide bonds. The Bertz CT molecular complexity index is 1590. The van der Waals surface area contributed by atoms with Crippen LogP contribution in [0.4, 0.5) is 0 Å². The van der Waals surface area contributed by atoms with Crippen LogP contribution in [0.15, 0.2) is 142 Å². The average molecular weight is 737 g/mol. The predicted octanol–water partition coefficient (Wildman–Crippen LogP) is 12.8. The fourth-order valence-electron chi connectivity index (χ4n) is 7.44. The van der Waals surface area contributed by atoms with E-state index in [9.17, 15) is 15.0 Å². The molecule has 4 nitrogen and oxygen atoms in total. The molecule has 2 rings (SSSR count). The van der Waals surface area contributed by atoms with Crippen molar-refractivity contribution in [3.63, 3.8) is 0 Å². The van der Waals surface area contributed by atoms with Gasteiger partial charge in [-0.3, -0.25) is 0 Å². The maximum Gasteiger partial charge on any atom is 0.330 e. The Morgan fingerprint density at radius 1 is 0.796 bits per heavy atom. The molecule has 2 N–H and O–H groups in total. The van der Waals surface area contributed by atoms with Gasteiger partial charge in [-0.1, -0.05) is 185 Å². The summed E-state index contributed by atoms with van der Waals surface area (Å²) < 4.78 is 5.65. The van der Waals surface area contributed by atoms with Crippen molar-refractivity contribution in [2.45, 2.75) is 139 Å². The number of aliphatic hydroxyl groups is 2. The molecule has 3 unspecified atom stereocenters. The maximum atomic E-state index is 12.5. The van der Waals surface area contributed by atoms with Gasteiger partial charge in [0.15, 0.2) is 0 Å². The number of carbonyl (C=O) groups is 1. The van der Waals surface area contributed by atoms with Gasteiger partial charge >= 0.3 is 5.97 Å². The van der Waals surface area contributed by atoms with Crippen LogP contribution in [0.3, 0.4) is 0 Å². The first-order valence-electron chi connectivity index (χ1n) is 20.2. The quantitative estimate of drug-likeness (QED) is 0.0455. The molecule has 2 aliphatic rings. The molecule has 0 aliphatic heterocycles. The molecule has 0 aromatic heterocycles. The van der Waals surface area contributed by atoms with Crippen LogP contribution in [-0.4, -0.2) is 35.0 Å². The summed E-state index contributed by atoms with van der Waals surface area (Å²) in [4.78, 5) is 12.5. The molecule has 0 aromatic carbocycles. The van der Waals surface area contributed by atoms with Crippen LogP contribution in [0.25, 0.3) is 0 Å². The minimum Gasteiger partial charge on any atom is -0.458 e. The summed E-state index contributed by atoms with van der Waals surface area (Å²) in [5.41, 5.74) is 7.89. The van der Waals surface area contributed by atoms with Gasteiger partial charge in [0, 0.05) is 12.0 Å². The molecule has 3 atom stereocenters. The summed E-state index contributed by atoms with van der Waals surface area (Å²) in [6.45, 7) is 21.7. The van der Waals surface area contributed by atoms with E-state index in [-0.39, 0.29) is 35.6 Å². The van der Waals surface area contributed by atoms with Crippen molar-refractivity contribution in [3.8, 4) is 0 Å². The van der Waals surface area contributed by atoms with Crippen LogP contribution < -0.4 is 0 Å². The second-order valence-corrected chi connectivity index (χ2v) is 16.8. The third kappa shape index (κ3) is 18.1. The van der Waals surface area contributed by atoms with Gasteiger partial charge in [-0.05, 0) is 88.7 Å². The average Bonchev–Trinajstić information content (AvgIpc) is 3.06. The number of hydrogen-bond acceptors (Lipinski definition) is 4. The first kappa shape index (κ1) is 46.4. The topological polar surface area (TPSA) is 66.8 Å². The molecule has 54 heavy (non-hydrogen) atoms.